The number of hydrogen-bond donors (Lipinski definition) is 1. The molecule has 3 aromatic rings. The van der Waals surface area contributed by atoms with E-state index in [1.165, 1.54) is 36.6 Å². The summed E-state index contributed by atoms with van der Waals surface area (Å²) in [5.74, 6) is -0.646. The molecule has 4 nitrogen and oxygen atoms in total. The number of phenolic OH excluding ortho intramolecular Hbond substituents is 1. The van der Waals surface area contributed by atoms with E-state index in [9.17, 15) is 23.1 Å². The minimum atomic E-state index is -4.51. The highest BCUT2D eigenvalue weighted by Crippen LogP contribution is 2.32. The summed E-state index contributed by atoms with van der Waals surface area (Å²) in [6.45, 7) is -0.467. The minimum Gasteiger partial charge on any atom is -0.508 e. The smallest absolute Gasteiger partial charge is 0.416 e. The summed E-state index contributed by atoms with van der Waals surface area (Å²) < 4.78 is 49.0. The number of hydrogen-bond acceptors (Lipinski definition) is 4. The van der Waals surface area contributed by atoms with Crippen LogP contribution in [0.5, 0.6) is 5.75 Å². The molecular formula is C18H13F3O4. The van der Waals surface area contributed by atoms with Crippen molar-refractivity contribution in [3.63, 3.8) is 0 Å². The van der Waals surface area contributed by atoms with Crippen LogP contribution >= 0.6 is 0 Å². The summed E-state index contributed by atoms with van der Waals surface area (Å²) in [6.07, 6.45) is -3.30. The molecule has 2 aromatic carbocycles. The molecule has 130 valence electrons. The molecule has 0 amide bonds. The molecule has 0 saturated heterocycles. The predicted molar refractivity (Wildman–Crippen MR) is 82.8 cm³/mol. The third kappa shape index (κ3) is 3.76. The lowest BCUT2D eigenvalue weighted by Gasteiger charge is -2.12. The molecule has 1 aromatic heterocycles. The summed E-state index contributed by atoms with van der Waals surface area (Å²) in [7, 11) is 0. The Morgan fingerprint density at radius 3 is 2.64 bits per heavy atom. The second-order valence-corrected chi connectivity index (χ2v) is 5.43. The summed E-state index contributed by atoms with van der Waals surface area (Å²) in [6, 6.07) is 9.40. The maximum absolute atomic E-state index is 12.9. The van der Waals surface area contributed by atoms with Crippen LogP contribution in [0.4, 0.5) is 13.2 Å². The molecule has 1 N–H and O–H groups in total. The normalized spacial score (nSPS) is 11.6. The van der Waals surface area contributed by atoms with Gasteiger partial charge in [-0.15, -0.1) is 0 Å². The van der Waals surface area contributed by atoms with Crippen molar-refractivity contribution in [1.82, 2.24) is 0 Å². The third-order valence-corrected chi connectivity index (χ3v) is 3.69. The number of rotatable bonds is 4. The Kier molecular flexibility index (Phi) is 4.39. The molecule has 7 heteroatoms. The Morgan fingerprint density at radius 1 is 1.12 bits per heavy atom. The van der Waals surface area contributed by atoms with E-state index in [4.69, 9.17) is 9.15 Å². The summed E-state index contributed by atoms with van der Waals surface area (Å²) in [5, 5.41) is 10.0. The molecule has 0 radical (unpaired) electrons. The molecule has 3 rings (SSSR count). The van der Waals surface area contributed by atoms with Crippen molar-refractivity contribution in [3.8, 4) is 5.75 Å². The van der Waals surface area contributed by atoms with Gasteiger partial charge in [0.2, 0.25) is 0 Å². The first-order valence-electron chi connectivity index (χ1n) is 7.34. The van der Waals surface area contributed by atoms with Crippen LogP contribution in [0.1, 0.15) is 16.7 Å². The van der Waals surface area contributed by atoms with Gasteiger partial charge >= 0.3 is 12.1 Å². The second kappa shape index (κ2) is 6.51. The first-order valence-corrected chi connectivity index (χ1v) is 7.34. The monoisotopic (exact) mass is 350 g/mol. The van der Waals surface area contributed by atoms with Gasteiger partial charge in [-0.2, -0.15) is 13.2 Å². The average Bonchev–Trinajstić information content (AvgIpc) is 2.94. The number of phenols is 1. The molecule has 0 aliphatic carbocycles. The Bertz CT molecular complexity index is 912. The number of carbonyl (C=O) groups excluding carboxylic acids is 1. The molecule has 0 aliphatic heterocycles. The Morgan fingerprint density at radius 2 is 1.88 bits per heavy atom. The van der Waals surface area contributed by atoms with Crippen molar-refractivity contribution in [2.24, 2.45) is 0 Å². The number of furan rings is 1. The van der Waals surface area contributed by atoms with E-state index in [0.29, 0.717) is 16.5 Å². The van der Waals surface area contributed by atoms with Crippen LogP contribution in [0, 0.1) is 0 Å². The van der Waals surface area contributed by atoms with Crippen LogP contribution in [0.25, 0.3) is 11.0 Å². The molecule has 0 bridgehead atoms. The Hall–Kier alpha value is -2.96. The van der Waals surface area contributed by atoms with Crippen molar-refractivity contribution in [2.45, 2.75) is 19.2 Å². The van der Waals surface area contributed by atoms with Crippen LogP contribution < -0.4 is 0 Å². The first-order chi connectivity index (χ1) is 11.8. The van der Waals surface area contributed by atoms with E-state index in [-0.39, 0.29) is 17.7 Å². The topological polar surface area (TPSA) is 59.7 Å². The van der Waals surface area contributed by atoms with Gasteiger partial charge in [-0.25, -0.2) is 0 Å². The minimum absolute atomic E-state index is 0.0275. The van der Waals surface area contributed by atoms with Crippen LogP contribution in [0.2, 0.25) is 0 Å². The van der Waals surface area contributed by atoms with Crippen molar-refractivity contribution >= 4 is 16.9 Å². The zero-order chi connectivity index (χ0) is 18.0. The number of alkyl halides is 3. The van der Waals surface area contributed by atoms with Gasteiger partial charge in [0.1, 0.15) is 17.9 Å². The van der Waals surface area contributed by atoms with E-state index in [1.54, 1.807) is 6.07 Å². The molecular weight excluding hydrogens is 337 g/mol. The average molecular weight is 350 g/mol. The largest absolute Gasteiger partial charge is 0.508 e. The molecule has 0 unspecified atom stereocenters. The van der Waals surface area contributed by atoms with E-state index in [2.05, 4.69) is 0 Å². The third-order valence-electron chi connectivity index (χ3n) is 3.69. The van der Waals surface area contributed by atoms with Gasteiger partial charge in [0.15, 0.2) is 0 Å². The maximum Gasteiger partial charge on any atom is 0.416 e. The standard InChI is InChI=1S/C18H13F3O4/c19-18(20,21)15-4-2-1-3-11(15)9-25-17(23)7-12-10-24-16-8-13(22)5-6-14(12)16/h1-6,8,10,22H,7,9H2. The molecule has 25 heavy (non-hydrogen) atoms. The SMILES string of the molecule is O=C(Cc1coc2cc(O)ccc12)OCc1ccccc1C(F)(F)F. The number of fused-ring (bicyclic) bond motifs is 1. The number of esters is 1. The highest BCUT2D eigenvalue weighted by Gasteiger charge is 2.33. The Labute approximate surface area is 140 Å². The highest BCUT2D eigenvalue weighted by molar-refractivity contribution is 5.86. The van der Waals surface area contributed by atoms with Gasteiger partial charge in [-0.05, 0) is 18.2 Å². The second-order valence-electron chi connectivity index (χ2n) is 5.43. The lowest BCUT2D eigenvalue weighted by molar-refractivity contribution is -0.147. The van der Waals surface area contributed by atoms with Gasteiger partial charge in [-0.3, -0.25) is 4.79 Å². The number of carbonyl (C=O) groups is 1. The fourth-order valence-corrected chi connectivity index (χ4v) is 2.50. The number of aromatic hydroxyl groups is 1. The summed E-state index contributed by atoms with van der Waals surface area (Å²) in [4.78, 5) is 12.0. The number of ether oxygens (including phenoxy) is 1. The molecule has 0 aliphatic rings. The van der Waals surface area contributed by atoms with E-state index < -0.39 is 24.3 Å². The Balaban J connectivity index is 1.69. The van der Waals surface area contributed by atoms with Crippen molar-refractivity contribution < 1.29 is 32.2 Å². The zero-order valence-corrected chi connectivity index (χ0v) is 12.8. The van der Waals surface area contributed by atoms with E-state index >= 15 is 0 Å². The molecule has 0 atom stereocenters. The molecule has 0 spiro atoms. The van der Waals surface area contributed by atoms with Crippen LogP contribution in [0.15, 0.2) is 53.1 Å². The van der Waals surface area contributed by atoms with Crippen molar-refractivity contribution in [3.05, 3.63) is 65.4 Å². The van der Waals surface area contributed by atoms with E-state index in [1.807, 2.05) is 0 Å². The van der Waals surface area contributed by atoms with Crippen molar-refractivity contribution in [1.29, 1.82) is 0 Å². The van der Waals surface area contributed by atoms with Gasteiger partial charge in [-0.1, -0.05) is 18.2 Å². The summed E-state index contributed by atoms with van der Waals surface area (Å²) >= 11 is 0. The molecule has 0 saturated carbocycles. The van der Waals surface area contributed by atoms with Crippen LogP contribution in [-0.4, -0.2) is 11.1 Å². The molecule has 1 heterocycles. The quantitative estimate of drug-likeness (QED) is 0.707. The van der Waals surface area contributed by atoms with Gasteiger partial charge in [0.25, 0.3) is 0 Å². The fraction of sp³-hybridized carbons (Fsp3) is 0.167. The predicted octanol–water partition coefficient (Wildman–Crippen LogP) is 4.44. The van der Waals surface area contributed by atoms with Crippen molar-refractivity contribution in [2.75, 3.05) is 0 Å². The number of halogens is 3. The van der Waals surface area contributed by atoms with Gasteiger partial charge in [0.05, 0.1) is 18.2 Å². The van der Waals surface area contributed by atoms with Crippen LogP contribution in [-0.2, 0) is 28.7 Å². The van der Waals surface area contributed by atoms with E-state index in [0.717, 1.165) is 6.07 Å². The fourth-order valence-electron chi connectivity index (χ4n) is 2.50. The lowest BCUT2D eigenvalue weighted by Crippen LogP contribution is -2.13. The zero-order valence-electron chi connectivity index (χ0n) is 12.8. The first kappa shape index (κ1) is 16.9. The number of benzene rings is 2. The van der Waals surface area contributed by atoms with Gasteiger partial charge < -0.3 is 14.3 Å². The van der Waals surface area contributed by atoms with Gasteiger partial charge in [0, 0.05) is 22.6 Å². The summed E-state index contributed by atoms with van der Waals surface area (Å²) in [5.41, 5.74) is 0.00619. The highest BCUT2D eigenvalue weighted by atomic mass is 19.4. The molecule has 0 fully saturated rings. The maximum atomic E-state index is 12.9. The lowest BCUT2D eigenvalue weighted by atomic mass is 10.1. The van der Waals surface area contributed by atoms with Crippen LogP contribution in [0.3, 0.4) is 0 Å².